The van der Waals surface area contributed by atoms with Gasteiger partial charge in [-0.15, -0.1) is 0 Å². The standard InChI is InChI=1S/C17H34O2/c1-11-12(2)13(15(3,4)5)14(18)19-17(9,10)16(6,7)8/h12-13H,11H2,1-10H3. The lowest BCUT2D eigenvalue weighted by Gasteiger charge is -2.41. The van der Waals surface area contributed by atoms with Gasteiger partial charge in [0.15, 0.2) is 0 Å². The number of esters is 1. The van der Waals surface area contributed by atoms with Gasteiger partial charge in [-0.1, -0.05) is 61.8 Å². The van der Waals surface area contributed by atoms with Crippen molar-refractivity contribution in [3.8, 4) is 0 Å². The summed E-state index contributed by atoms with van der Waals surface area (Å²) < 4.78 is 5.87. The molecule has 114 valence electrons. The van der Waals surface area contributed by atoms with Gasteiger partial charge in [-0.25, -0.2) is 0 Å². The molecule has 0 amide bonds. The van der Waals surface area contributed by atoms with E-state index in [9.17, 15) is 4.79 Å². The van der Waals surface area contributed by atoms with Crippen LogP contribution in [0, 0.1) is 22.7 Å². The van der Waals surface area contributed by atoms with Crippen LogP contribution >= 0.6 is 0 Å². The van der Waals surface area contributed by atoms with Gasteiger partial charge in [0, 0.05) is 5.41 Å². The van der Waals surface area contributed by atoms with Gasteiger partial charge in [-0.2, -0.15) is 0 Å². The van der Waals surface area contributed by atoms with Crippen LogP contribution in [0.3, 0.4) is 0 Å². The minimum atomic E-state index is -0.457. The first-order chi connectivity index (χ1) is 8.24. The van der Waals surface area contributed by atoms with E-state index in [1.54, 1.807) is 0 Å². The molecular formula is C17H34O2. The van der Waals surface area contributed by atoms with E-state index in [1.165, 1.54) is 0 Å². The van der Waals surface area contributed by atoms with Crippen molar-refractivity contribution in [3.05, 3.63) is 0 Å². The molecule has 0 aliphatic carbocycles. The van der Waals surface area contributed by atoms with E-state index in [0.717, 1.165) is 6.42 Å². The summed E-state index contributed by atoms with van der Waals surface area (Å²) in [4.78, 5) is 12.6. The maximum atomic E-state index is 12.6. The van der Waals surface area contributed by atoms with Gasteiger partial charge in [0.25, 0.3) is 0 Å². The van der Waals surface area contributed by atoms with Crippen molar-refractivity contribution in [2.45, 2.75) is 81.3 Å². The lowest BCUT2D eigenvalue weighted by Crippen LogP contribution is -2.45. The predicted octanol–water partition coefficient (Wildman–Crippen LogP) is 5.06. The normalized spacial score (nSPS) is 16.9. The van der Waals surface area contributed by atoms with Gasteiger partial charge < -0.3 is 4.74 Å². The summed E-state index contributed by atoms with van der Waals surface area (Å²) in [6, 6.07) is 0. The summed E-state index contributed by atoms with van der Waals surface area (Å²) >= 11 is 0. The van der Waals surface area contributed by atoms with Crippen LogP contribution in [0.2, 0.25) is 0 Å². The molecule has 0 N–H and O–H groups in total. The molecule has 0 aromatic rings. The van der Waals surface area contributed by atoms with Crippen molar-refractivity contribution in [3.63, 3.8) is 0 Å². The molecule has 0 aliphatic rings. The lowest BCUT2D eigenvalue weighted by molar-refractivity contribution is -0.178. The van der Waals surface area contributed by atoms with Crippen molar-refractivity contribution in [2.75, 3.05) is 0 Å². The summed E-state index contributed by atoms with van der Waals surface area (Å²) in [5.41, 5.74) is -0.595. The first-order valence-electron chi connectivity index (χ1n) is 7.47. The Morgan fingerprint density at radius 2 is 1.42 bits per heavy atom. The van der Waals surface area contributed by atoms with E-state index in [1.807, 2.05) is 13.8 Å². The Hall–Kier alpha value is -0.530. The molecule has 0 aromatic heterocycles. The Morgan fingerprint density at radius 1 is 1.00 bits per heavy atom. The molecule has 0 rings (SSSR count). The monoisotopic (exact) mass is 270 g/mol. The highest BCUT2D eigenvalue weighted by atomic mass is 16.6. The number of hydrogen-bond acceptors (Lipinski definition) is 2. The van der Waals surface area contributed by atoms with Crippen LogP contribution < -0.4 is 0 Å². The van der Waals surface area contributed by atoms with E-state index in [2.05, 4.69) is 55.4 Å². The smallest absolute Gasteiger partial charge is 0.310 e. The zero-order valence-electron chi connectivity index (χ0n) is 14.7. The van der Waals surface area contributed by atoms with E-state index in [0.29, 0.717) is 5.92 Å². The van der Waals surface area contributed by atoms with Crippen LogP contribution in [-0.4, -0.2) is 11.6 Å². The highest BCUT2D eigenvalue weighted by molar-refractivity contribution is 5.74. The van der Waals surface area contributed by atoms with Crippen LogP contribution in [0.4, 0.5) is 0 Å². The number of carbonyl (C=O) groups excluding carboxylic acids is 1. The second-order valence-electron chi connectivity index (χ2n) is 8.41. The maximum absolute atomic E-state index is 12.6. The number of rotatable bonds is 4. The van der Waals surface area contributed by atoms with Crippen molar-refractivity contribution in [1.29, 1.82) is 0 Å². The summed E-state index contributed by atoms with van der Waals surface area (Å²) in [5.74, 6) is 0.226. The molecule has 0 radical (unpaired) electrons. The first kappa shape index (κ1) is 18.5. The first-order valence-corrected chi connectivity index (χ1v) is 7.47. The maximum Gasteiger partial charge on any atom is 0.310 e. The lowest BCUT2D eigenvalue weighted by atomic mass is 9.72. The van der Waals surface area contributed by atoms with E-state index < -0.39 is 5.60 Å². The highest BCUT2D eigenvalue weighted by Gasteiger charge is 2.42. The van der Waals surface area contributed by atoms with Crippen LogP contribution in [0.5, 0.6) is 0 Å². The molecule has 2 unspecified atom stereocenters. The topological polar surface area (TPSA) is 26.3 Å². The Balaban J connectivity index is 5.16. The molecule has 0 fully saturated rings. The van der Waals surface area contributed by atoms with Crippen LogP contribution in [0.15, 0.2) is 0 Å². The Kier molecular flexibility index (Phi) is 5.68. The second-order valence-corrected chi connectivity index (χ2v) is 8.41. The van der Waals surface area contributed by atoms with Gasteiger partial charge in [0.05, 0.1) is 5.92 Å². The summed E-state index contributed by atoms with van der Waals surface area (Å²) in [7, 11) is 0. The quantitative estimate of drug-likeness (QED) is 0.667. The van der Waals surface area contributed by atoms with Gasteiger partial charge in [-0.3, -0.25) is 4.79 Å². The highest BCUT2D eigenvalue weighted by Crippen LogP contribution is 2.39. The Morgan fingerprint density at radius 3 is 1.68 bits per heavy atom. The molecular weight excluding hydrogens is 236 g/mol. The van der Waals surface area contributed by atoms with Crippen molar-refractivity contribution < 1.29 is 9.53 Å². The summed E-state index contributed by atoms with van der Waals surface area (Å²) in [6.07, 6.45) is 0.993. The van der Waals surface area contributed by atoms with Crippen molar-refractivity contribution >= 4 is 5.97 Å². The van der Waals surface area contributed by atoms with E-state index in [4.69, 9.17) is 4.74 Å². The van der Waals surface area contributed by atoms with Crippen LogP contribution in [0.1, 0.15) is 75.7 Å². The molecule has 2 atom stereocenters. The second kappa shape index (κ2) is 5.85. The molecule has 0 saturated heterocycles. The molecule has 0 spiro atoms. The minimum Gasteiger partial charge on any atom is -0.459 e. The summed E-state index contributed by atoms with van der Waals surface area (Å²) in [5, 5.41) is 0. The minimum absolute atomic E-state index is 0.0539. The number of carbonyl (C=O) groups is 1. The Labute approximate surface area is 120 Å². The molecule has 2 nitrogen and oxygen atoms in total. The van der Waals surface area contributed by atoms with Gasteiger partial charge in [0.1, 0.15) is 5.60 Å². The van der Waals surface area contributed by atoms with Crippen LogP contribution in [0.25, 0.3) is 0 Å². The molecule has 0 aliphatic heterocycles. The van der Waals surface area contributed by atoms with Crippen LogP contribution in [-0.2, 0) is 9.53 Å². The fourth-order valence-corrected chi connectivity index (χ4v) is 2.14. The zero-order valence-corrected chi connectivity index (χ0v) is 14.7. The van der Waals surface area contributed by atoms with E-state index in [-0.39, 0.29) is 22.7 Å². The fourth-order valence-electron chi connectivity index (χ4n) is 2.14. The molecule has 0 aromatic carbocycles. The predicted molar refractivity (Wildman–Crippen MR) is 82.0 cm³/mol. The molecule has 2 heteroatoms. The third-order valence-electron chi connectivity index (χ3n) is 4.56. The van der Waals surface area contributed by atoms with Crippen molar-refractivity contribution in [1.82, 2.24) is 0 Å². The fraction of sp³-hybridized carbons (Fsp3) is 0.941. The molecule has 0 heterocycles. The average molecular weight is 270 g/mol. The third kappa shape index (κ3) is 4.81. The van der Waals surface area contributed by atoms with Gasteiger partial charge in [-0.05, 0) is 25.2 Å². The SMILES string of the molecule is CCC(C)C(C(=O)OC(C)(C)C(C)(C)C)C(C)(C)C. The number of hydrogen-bond donors (Lipinski definition) is 0. The largest absolute Gasteiger partial charge is 0.459 e. The zero-order chi connectivity index (χ0) is 15.6. The molecule has 0 saturated carbocycles. The average Bonchev–Trinajstić information content (AvgIpc) is 2.12. The van der Waals surface area contributed by atoms with E-state index >= 15 is 0 Å². The Bertz CT molecular complexity index is 302. The van der Waals surface area contributed by atoms with Crippen molar-refractivity contribution in [2.24, 2.45) is 22.7 Å². The van der Waals surface area contributed by atoms with Gasteiger partial charge in [0.2, 0.25) is 0 Å². The molecule has 0 bridgehead atoms. The molecule has 19 heavy (non-hydrogen) atoms. The number of ether oxygens (including phenoxy) is 1. The van der Waals surface area contributed by atoms with Gasteiger partial charge >= 0.3 is 5.97 Å². The third-order valence-corrected chi connectivity index (χ3v) is 4.56. The summed E-state index contributed by atoms with van der Waals surface area (Å²) in [6.45, 7) is 21.0.